The van der Waals surface area contributed by atoms with Gasteiger partial charge >= 0.3 is 5.97 Å². The number of aryl methyl sites for hydroxylation is 1. The van der Waals surface area contributed by atoms with Crippen molar-refractivity contribution in [2.45, 2.75) is 26.4 Å². The second-order valence-electron chi connectivity index (χ2n) is 3.75. The quantitative estimate of drug-likeness (QED) is 0.775. The summed E-state index contributed by atoms with van der Waals surface area (Å²) in [6, 6.07) is 1.65. The molecule has 1 aromatic rings. The third-order valence-electron chi connectivity index (χ3n) is 2.33. The first-order chi connectivity index (χ1) is 8.99. The molecule has 0 bridgehead atoms. The first-order valence-corrected chi connectivity index (χ1v) is 6.55. The lowest BCUT2D eigenvalue weighted by molar-refractivity contribution is -0.127. The van der Waals surface area contributed by atoms with Crippen molar-refractivity contribution in [1.29, 1.82) is 0 Å². The molecule has 1 amide bonds. The van der Waals surface area contributed by atoms with Gasteiger partial charge in [-0.15, -0.1) is 17.8 Å². The van der Waals surface area contributed by atoms with Crippen molar-refractivity contribution in [2.75, 3.05) is 6.54 Å². The van der Waals surface area contributed by atoms with E-state index < -0.39 is 12.1 Å². The van der Waals surface area contributed by atoms with Crippen molar-refractivity contribution in [3.8, 4) is 18.1 Å². The molecule has 19 heavy (non-hydrogen) atoms. The Morgan fingerprint density at radius 1 is 1.63 bits per heavy atom. The number of carbonyl (C=O) groups is 2. The van der Waals surface area contributed by atoms with E-state index in [4.69, 9.17) is 16.3 Å². The number of terminal acetylenes is 1. The molecule has 1 heterocycles. The summed E-state index contributed by atoms with van der Waals surface area (Å²) in [6.45, 7) is 3.58. The molecule has 1 aromatic heterocycles. The average Bonchev–Trinajstić information content (AvgIpc) is 2.79. The topological polar surface area (TPSA) is 75.6 Å². The SMILES string of the molecule is C#CCNC(=O)C(C)Oc1cc(CC)sc1C(=O)O. The highest BCUT2D eigenvalue weighted by molar-refractivity contribution is 7.14. The standard InChI is InChI=1S/C13H15NO4S/c1-4-6-14-12(15)8(3)18-10-7-9(5-2)19-11(10)13(16)17/h1,7-8H,5-6H2,2-3H3,(H,14,15)(H,16,17). The Morgan fingerprint density at radius 3 is 2.84 bits per heavy atom. The normalized spacial score (nSPS) is 11.4. The van der Waals surface area contributed by atoms with Gasteiger partial charge in [0.05, 0.1) is 6.54 Å². The first kappa shape index (κ1) is 15.1. The van der Waals surface area contributed by atoms with Crippen molar-refractivity contribution < 1.29 is 19.4 Å². The van der Waals surface area contributed by atoms with Crippen LogP contribution in [-0.4, -0.2) is 29.6 Å². The molecule has 1 unspecified atom stereocenters. The van der Waals surface area contributed by atoms with Crippen molar-refractivity contribution >= 4 is 23.2 Å². The van der Waals surface area contributed by atoms with Gasteiger partial charge in [0.2, 0.25) is 0 Å². The van der Waals surface area contributed by atoms with Gasteiger partial charge in [-0.25, -0.2) is 4.79 Å². The minimum Gasteiger partial charge on any atom is -0.479 e. The number of rotatable bonds is 6. The maximum Gasteiger partial charge on any atom is 0.349 e. The van der Waals surface area contributed by atoms with E-state index in [9.17, 15) is 9.59 Å². The van der Waals surface area contributed by atoms with Gasteiger partial charge in [-0.1, -0.05) is 12.8 Å². The molecule has 2 N–H and O–H groups in total. The van der Waals surface area contributed by atoms with Gasteiger partial charge in [0.15, 0.2) is 11.0 Å². The van der Waals surface area contributed by atoms with E-state index in [2.05, 4.69) is 11.2 Å². The van der Waals surface area contributed by atoms with Gasteiger partial charge < -0.3 is 15.2 Å². The number of carbonyl (C=O) groups excluding carboxylic acids is 1. The summed E-state index contributed by atoms with van der Waals surface area (Å²) in [5.74, 6) is 1.07. The number of ether oxygens (including phenoxy) is 1. The molecule has 1 atom stereocenters. The van der Waals surface area contributed by atoms with Crippen LogP contribution in [0.3, 0.4) is 0 Å². The Hall–Kier alpha value is -2.00. The lowest BCUT2D eigenvalue weighted by Gasteiger charge is -2.13. The number of hydrogen-bond donors (Lipinski definition) is 2. The second-order valence-corrected chi connectivity index (χ2v) is 4.88. The van der Waals surface area contributed by atoms with Gasteiger partial charge in [-0.05, 0) is 19.4 Å². The highest BCUT2D eigenvalue weighted by Gasteiger charge is 2.21. The summed E-state index contributed by atoms with van der Waals surface area (Å²) < 4.78 is 5.40. The molecule has 0 fully saturated rings. The van der Waals surface area contributed by atoms with Crippen LogP contribution in [0, 0.1) is 12.3 Å². The summed E-state index contributed by atoms with van der Waals surface area (Å²) in [7, 11) is 0. The Labute approximate surface area is 115 Å². The maximum absolute atomic E-state index is 11.6. The van der Waals surface area contributed by atoms with Gasteiger partial charge in [-0.2, -0.15) is 0 Å². The number of carboxylic acid groups (broad SMARTS) is 1. The highest BCUT2D eigenvalue weighted by atomic mass is 32.1. The predicted molar refractivity (Wildman–Crippen MR) is 72.6 cm³/mol. The molecule has 0 aliphatic rings. The van der Waals surface area contributed by atoms with Crippen molar-refractivity contribution in [3.63, 3.8) is 0 Å². The van der Waals surface area contributed by atoms with E-state index in [1.807, 2.05) is 6.92 Å². The molecule has 5 nitrogen and oxygen atoms in total. The molecule has 0 aliphatic carbocycles. The van der Waals surface area contributed by atoms with Crippen LogP contribution >= 0.6 is 11.3 Å². The van der Waals surface area contributed by atoms with Crippen LogP contribution in [0.25, 0.3) is 0 Å². The van der Waals surface area contributed by atoms with E-state index in [1.165, 1.54) is 0 Å². The zero-order valence-corrected chi connectivity index (χ0v) is 11.5. The number of nitrogens with one attached hydrogen (secondary N) is 1. The summed E-state index contributed by atoms with van der Waals surface area (Å²) >= 11 is 1.15. The minimum absolute atomic E-state index is 0.105. The van der Waals surface area contributed by atoms with Crippen LogP contribution in [0.15, 0.2) is 6.07 Å². The van der Waals surface area contributed by atoms with E-state index in [0.717, 1.165) is 16.2 Å². The lowest BCUT2D eigenvalue weighted by atomic mass is 10.3. The molecule has 1 rings (SSSR count). The number of hydrogen-bond acceptors (Lipinski definition) is 4. The van der Waals surface area contributed by atoms with Crippen LogP contribution in [-0.2, 0) is 11.2 Å². The van der Waals surface area contributed by atoms with Crippen LogP contribution in [0.2, 0.25) is 0 Å². The number of carboxylic acids is 1. The van der Waals surface area contributed by atoms with Crippen molar-refractivity contribution in [2.24, 2.45) is 0 Å². The first-order valence-electron chi connectivity index (χ1n) is 5.73. The van der Waals surface area contributed by atoms with E-state index in [1.54, 1.807) is 13.0 Å². The third kappa shape index (κ3) is 4.00. The minimum atomic E-state index is -1.06. The fraction of sp³-hybridized carbons (Fsp3) is 0.385. The number of amides is 1. The third-order valence-corrected chi connectivity index (χ3v) is 3.58. The van der Waals surface area contributed by atoms with Gasteiger partial charge in [0.1, 0.15) is 5.75 Å². The Balaban J connectivity index is 2.81. The van der Waals surface area contributed by atoms with Crippen molar-refractivity contribution in [1.82, 2.24) is 5.32 Å². The largest absolute Gasteiger partial charge is 0.479 e. The smallest absolute Gasteiger partial charge is 0.349 e. The second kappa shape index (κ2) is 6.81. The van der Waals surface area contributed by atoms with Crippen LogP contribution in [0.1, 0.15) is 28.4 Å². The molecule has 0 spiro atoms. The summed E-state index contributed by atoms with van der Waals surface area (Å²) in [4.78, 5) is 23.7. The van der Waals surface area contributed by atoms with Crippen molar-refractivity contribution in [3.05, 3.63) is 15.8 Å². The summed E-state index contributed by atoms with van der Waals surface area (Å²) in [5, 5.41) is 11.5. The summed E-state index contributed by atoms with van der Waals surface area (Å²) in [5.41, 5.74) is 0. The molecule has 6 heteroatoms. The zero-order valence-electron chi connectivity index (χ0n) is 10.7. The molecule has 102 valence electrons. The maximum atomic E-state index is 11.6. The molecule has 0 aromatic carbocycles. The van der Waals surface area contributed by atoms with Crippen LogP contribution in [0.5, 0.6) is 5.75 Å². The van der Waals surface area contributed by atoms with E-state index >= 15 is 0 Å². The Bertz CT molecular complexity index is 515. The number of aromatic carboxylic acids is 1. The van der Waals surface area contributed by atoms with E-state index in [0.29, 0.717) is 6.42 Å². The summed E-state index contributed by atoms with van der Waals surface area (Å²) in [6.07, 6.45) is 4.95. The predicted octanol–water partition coefficient (Wildman–Crippen LogP) is 1.53. The number of thiophene rings is 1. The fourth-order valence-electron chi connectivity index (χ4n) is 1.36. The highest BCUT2D eigenvalue weighted by Crippen LogP contribution is 2.30. The Morgan fingerprint density at radius 2 is 2.32 bits per heavy atom. The molecule has 0 saturated heterocycles. The van der Waals surface area contributed by atoms with E-state index in [-0.39, 0.29) is 23.1 Å². The van der Waals surface area contributed by atoms with Crippen LogP contribution in [0.4, 0.5) is 0 Å². The van der Waals surface area contributed by atoms with Gasteiger partial charge in [-0.3, -0.25) is 4.79 Å². The molecular formula is C13H15NO4S. The monoisotopic (exact) mass is 281 g/mol. The van der Waals surface area contributed by atoms with Gasteiger partial charge in [0.25, 0.3) is 5.91 Å². The van der Waals surface area contributed by atoms with Crippen LogP contribution < -0.4 is 10.1 Å². The molecular weight excluding hydrogens is 266 g/mol. The Kier molecular flexibility index (Phi) is 5.39. The molecule has 0 saturated carbocycles. The molecule has 0 aliphatic heterocycles. The molecule has 0 radical (unpaired) electrons. The fourth-order valence-corrected chi connectivity index (χ4v) is 2.23. The average molecular weight is 281 g/mol. The van der Waals surface area contributed by atoms with Gasteiger partial charge in [0, 0.05) is 4.88 Å². The lowest BCUT2D eigenvalue weighted by Crippen LogP contribution is -2.36. The zero-order chi connectivity index (χ0) is 14.4.